The van der Waals surface area contributed by atoms with E-state index in [2.05, 4.69) is 37.2 Å². The first-order valence-corrected chi connectivity index (χ1v) is 11.8. The average molecular weight is 488 g/mol. The fraction of sp³-hybridized carbons (Fsp3) is 0.226. The summed E-state index contributed by atoms with van der Waals surface area (Å²) in [4.78, 5) is 0. The quantitative estimate of drug-likeness (QED) is 0.235. The second-order valence-corrected chi connectivity index (χ2v) is 9.22. The summed E-state index contributed by atoms with van der Waals surface area (Å²) in [5.41, 5.74) is 8.41. The molecule has 0 radical (unpaired) electrons. The summed E-state index contributed by atoms with van der Waals surface area (Å²) in [5.74, 6) is 1.71. The molecule has 4 aromatic rings. The molecule has 0 saturated carbocycles. The van der Waals surface area contributed by atoms with Gasteiger partial charge in [-0.2, -0.15) is 0 Å². The van der Waals surface area contributed by atoms with Crippen molar-refractivity contribution in [2.75, 3.05) is 14.2 Å². The number of rotatable bonds is 10. The van der Waals surface area contributed by atoms with E-state index in [1.165, 1.54) is 25.3 Å². The lowest BCUT2D eigenvalue weighted by Gasteiger charge is -2.17. The van der Waals surface area contributed by atoms with Gasteiger partial charge < -0.3 is 24.8 Å². The number of hydrogen-bond acceptors (Lipinski definition) is 5. The van der Waals surface area contributed by atoms with Crippen molar-refractivity contribution in [3.63, 3.8) is 0 Å². The van der Waals surface area contributed by atoms with Gasteiger partial charge in [0.05, 0.1) is 14.2 Å². The lowest BCUT2D eigenvalue weighted by molar-refractivity contribution is 0.370. The SMILES string of the molecule is [2H]Oc1ccc(Cc2cc(OC)c(O[2H])c(-c3cc(Cc4ccc(C)c(C)c4)cc(OC)c3O[2H])c2)cc1C. The Morgan fingerprint density at radius 1 is 0.583 bits per heavy atom. The van der Waals surface area contributed by atoms with Gasteiger partial charge in [-0.05, 0) is 103 Å². The molecule has 0 saturated heterocycles. The summed E-state index contributed by atoms with van der Waals surface area (Å²) >= 11 is 0. The number of aryl methyl sites for hydroxylation is 3. The highest BCUT2D eigenvalue weighted by atomic mass is 16.5. The van der Waals surface area contributed by atoms with Crippen molar-refractivity contribution in [3.8, 4) is 39.9 Å². The average Bonchev–Trinajstić information content (AvgIpc) is 2.94. The van der Waals surface area contributed by atoms with Gasteiger partial charge in [-0.25, -0.2) is 0 Å². The number of benzene rings is 4. The molecule has 5 heteroatoms. The smallest absolute Gasteiger partial charge is 0.293 e. The summed E-state index contributed by atoms with van der Waals surface area (Å²) in [6.07, 6.45) is 1.19. The van der Waals surface area contributed by atoms with Crippen LogP contribution >= 0.6 is 0 Å². The molecule has 0 spiro atoms. The first-order valence-electron chi connectivity index (χ1n) is 13.0. The van der Waals surface area contributed by atoms with Crippen LogP contribution in [0.4, 0.5) is 0 Å². The Morgan fingerprint density at radius 2 is 1.11 bits per heavy atom. The molecule has 36 heavy (non-hydrogen) atoms. The Balaban J connectivity index is 1.86. The van der Waals surface area contributed by atoms with E-state index < -0.39 is 0 Å². The third-order valence-electron chi connectivity index (χ3n) is 6.59. The standard InChI is InChI=1S/C31H32O5/c1-18-6-7-21(10-19(18)2)12-23-14-25(30(33)28(16-23)35-4)26-15-24(17-29(36-5)31(26)34)13-22-8-9-27(32)20(3)11-22/h6-11,14-17,32-34H,12-13H2,1-5H3/i/hD3. The Bertz CT molecular complexity index is 1490. The van der Waals surface area contributed by atoms with Crippen LogP contribution in [0, 0.1) is 20.8 Å². The van der Waals surface area contributed by atoms with Gasteiger partial charge in [-0.3, -0.25) is 0 Å². The van der Waals surface area contributed by atoms with E-state index in [0.29, 0.717) is 41.2 Å². The molecule has 0 atom stereocenters. The van der Waals surface area contributed by atoms with Gasteiger partial charge in [0.1, 0.15) is 5.75 Å². The molecule has 0 aliphatic heterocycles. The van der Waals surface area contributed by atoms with E-state index in [1.807, 2.05) is 43.3 Å². The number of ether oxygens (including phenoxy) is 2. The molecular weight excluding hydrogens is 452 g/mol. The molecule has 186 valence electrons. The summed E-state index contributed by atoms with van der Waals surface area (Å²) in [7, 11) is 3.06. The van der Waals surface area contributed by atoms with Crippen LogP contribution in [0.2, 0.25) is 0 Å². The number of hydrogen-bond donors (Lipinski definition) is 3. The van der Waals surface area contributed by atoms with Gasteiger partial charge >= 0.3 is 0 Å². The Hall–Kier alpha value is -4.12. The first kappa shape index (κ1) is 21.2. The van der Waals surface area contributed by atoms with Crippen molar-refractivity contribution < 1.29 is 24.8 Å². The van der Waals surface area contributed by atoms with Gasteiger partial charge in [0.2, 0.25) is 0 Å². The maximum atomic E-state index is 7.82. The molecule has 4 aromatic carbocycles. The van der Waals surface area contributed by atoms with Crippen molar-refractivity contribution in [1.29, 1.82) is 4.29 Å². The molecule has 3 N–H and O–H groups in total. The zero-order valence-corrected chi connectivity index (χ0v) is 21.2. The summed E-state index contributed by atoms with van der Waals surface area (Å²) in [6, 6.07) is 19.6. The van der Waals surface area contributed by atoms with Crippen LogP contribution in [0.3, 0.4) is 0 Å². The molecule has 0 unspecified atom stereocenters. The molecule has 5 nitrogen and oxygen atoms in total. The van der Waals surface area contributed by atoms with Gasteiger partial charge in [0.25, 0.3) is 4.29 Å². The van der Waals surface area contributed by atoms with Crippen LogP contribution in [0.15, 0.2) is 60.7 Å². The predicted molar refractivity (Wildman–Crippen MR) is 143 cm³/mol. The van der Waals surface area contributed by atoms with Gasteiger partial charge in [-0.15, -0.1) is 0 Å². The Labute approximate surface area is 216 Å². The molecule has 0 aromatic heterocycles. The molecule has 0 aliphatic rings. The Kier molecular flexibility index (Phi) is 6.03. The van der Waals surface area contributed by atoms with Gasteiger partial charge in [-0.1, -0.05) is 30.3 Å². The third kappa shape index (κ3) is 5.10. The highest BCUT2D eigenvalue weighted by Crippen LogP contribution is 2.46. The highest BCUT2D eigenvalue weighted by molar-refractivity contribution is 5.81. The molecule has 4 rings (SSSR count). The molecular formula is C31H32O5. The molecule has 0 bridgehead atoms. The van der Waals surface area contributed by atoms with E-state index in [1.54, 1.807) is 6.07 Å². The van der Waals surface area contributed by atoms with Gasteiger partial charge in [0.15, 0.2) is 23.0 Å². The zero-order chi connectivity index (χ0) is 28.1. The largest absolute Gasteiger partial charge is 0.508 e. The minimum absolute atomic E-state index is 0.207. The number of phenolic OH excluding ortho intramolecular Hbond substituents is 3. The molecule has 0 amide bonds. The van der Waals surface area contributed by atoms with Crippen LogP contribution in [0.25, 0.3) is 11.1 Å². The van der Waals surface area contributed by atoms with Crippen molar-refractivity contribution >= 4 is 0 Å². The fourth-order valence-electron chi connectivity index (χ4n) is 4.43. The van der Waals surface area contributed by atoms with E-state index >= 15 is 0 Å². The van der Waals surface area contributed by atoms with E-state index in [0.717, 1.165) is 27.8 Å². The van der Waals surface area contributed by atoms with Crippen molar-refractivity contribution in [2.45, 2.75) is 33.6 Å². The molecule has 0 fully saturated rings. The second kappa shape index (κ2) is 10.2. The van der Waals surface area contributed by atoms with Crippen LogP contribution in [0.1, 0.15) is 38.9 Å². The zero-order valence-electron chi connectivity index (χ0n) is 24.2. The lowest BCUT2D eigenvalue weighted by Crippen LogP contribution is -1.97. The maximum absolute atomic E-state index is 7.82. The summed E-state index contributed by atoms with van der Waals surface area (Å²) in [5, 5.41) is 14.8. The predicted octanol–water partition coefficient (Wildman–Crippen LogP) is 6.59. The minimum Gasteiger partial charge on any atom is -0.508 e. The van der Waals surface area contributed by atoms with Crippen molar-refractivity contribution in [2.24, 2.45) is 0 Å². The van der Waals surface area contributed by atoms with Crippen molar-refractivity contribution in [3.05, 3.63) is 99.6 Å². The molecule has 0 heterocycles. The number of phenols is 3. The van der Waals surface area contributed by atoms with Crippen LogP contribution in [0.5, 0.6) is 28.7 Å². The van der Waals surface area contributed by atoms with E-state index in [4.69, 9.17) is 24.0 Å². The number of methoxy groups -OCH3 is 2. The normalized spacial score (nSPS) is 11.8. The van der Waals surface area contributed by atoms with Gasteiger partial charge in [0, 0.05) is 11.1 Å². The third-order valence-corrected chi connectivity index (χ3v) is 6.59. The monoisotopic (exact) mass is 487 g/mol. The number of aromatic hydroxyl groups is 3. The molecule has 0 aliphatic carbocycles. The van der Waals surface area contributed by atoms with Crippen LogP contribution in [-0.2, 0) is 12.8 Å². The van der Waals surface area contributed by atoms with Crippen LogP contribution in [-0.4, -0.2) is 33.8 Å². The van der Waals surface area contributed by atoms with E-state index in [9.17, 15) is 0 Å². The first-order chi connectivity index (χ1) is 18.8. The second-order valence-electron chi connectivity index (χ2n) is 9.22. The maximum Gasteiger partial charge on any atom is 0.293 e. The van der Waals surface area contributed by atoms with E-state index in [-0.39, 0.29) is 11.5 Å². The lowest BCUT2D eigenvalue weighted by atomic mass is 9.93. The summed E-state index contributed by atoms with van der Waals surface area (Å²) < 4.78 is 34.1. The fourth-order valence-corrected chi connectivity index (χ4v) is 4.43. The highest BCUT2D eigenvalue weighted by Gasteiger charge is 2.19. The minimum atomic E-state index is 0.207. The summed E-state index contributed by atoms with van der Waals surface area (Å²) in [6.45, 7) is 6.07. The van der Waals surface area contributed by atoms with Crippen LogP contribution < -0.4 is 9.47 Å². The topological polar surface area (TPSA) is 79.2 Å². The Morgan fingerprint density at radius 3 is 1.56 bits per heavy atom. The van der Waals surface area contributed by atoms with Crippen molar-refractivity contribution in [1.82, 2.24) is 0 Å².